The lowest BCUT2D eigenvalue weighted by Gasteiger charge is -1.99. The Hall–Kier alpha value is 0.104. The second-order valence-electron chi connectivity index (χ2n) is 4.16. The average Bonchev–Trinajstić information content (AvgIpc) is 2.19. The molecule has 0 atom stereocenters. The molecule has 0 saturated carbocycles. The van der Waals surface area contributed by atoms with Crippen LogP contribution in [0.25, 0.3) is 0 Å². The molecule has 0 amide bonds. The molecule has 0 aliphatic heterocycles. The van der Waals surface area contributed by atoms with Crippen LogP contribution in [0.2, 0.25) is 12.1 Å². The lowest BCUT2D eigenvalue weighted by molar-refractivity contribution is 0.274. The van der Waals surface area contributed by atoms with Gasteiger partial charge in [-0.2, -0.15) is 0 Å². The van der Waals surface area contributed by atoms with Gasteiger partial charge in [0.1, 0.15) is 0 Å². The van der Waals surface area contributed by atoms with Crippen molar-refractivity contribution in [3.8, 4) is 0 Å². The van der Waals surface area contributed by atoms with Crippen molar-refractivity contribution in [2.45, 2.75) is 64.5 Å². The molecule has 84 valence electrons. The van der Waals surface area contributed by atoms with Crippen LogP contribution in [0.5, 0.6) is 0 Å². The molecule has 3 heteroatoms. The largest absolute Gasteiger partial charge is 0.312 e. The molecule has 0 aromatic carbocycles. The molecule has 0 radical (unpaired) electrons. The Bertz CT molecular complexity index is 123. The predicted molar refractivity (Wildman–Crippen MR) is 71.1 cm³/mol. The standard InChI is InChI=1S/C11H26OSi2/c1-3-5-7-9-13-11(12)14-10-8-6-4-2/h3-10,13-14H2,1-2H3. The van der Waals surface area contributed by atoms with Gasteiger partial charge >= 0.3 is 0 Å². The summed E-state index contributed by atoms with van der Waals surface area (Å²) >= 11 is 0. The van der Waals surface area contributed by atoms with E-state index < -0.39 is 0 Å². The molecule has 0 aromatic heterocycles. The van der Waals surface area contributed by atoms with Crippen LogP contribution < -0.4 is 0 Å². The van der Waals surface area contributed by atoms with Crippen LogP contribution in [-0.4, -0.2) is 24.1 Å². The summed E-state index contributed by atoms with van der Waals surface area (Å²) in [4.78, 5) is 11.5. The van der Waals surface area contributed by atoms with Gasteiger partial charge in [-0.3, -0.25) is 0 Å². The quantitative estimate of drug-likeness (QED) is 0.416. The molecule has 0 bridgehead atoms. The van der Waals surface area contributed by atoms with Crippen molar-refractivity contribution in [3.63, 3.8) is 0 Å². The maximum Gasteiger partial charge on any atom is 0.0936 e. The smallest absolute Gasteiger partial charge is 0.0936 e. The minimum absolute atomic E-state index is 0.296. The first-order valence-corrected chi connectivity index (χ1v) is 9.74. The van der Waals surface area contributed by atoms with E-state index in [-0.39, 0.29) is 19.0 Å². The topological polar surface area (TPSA) is 17.1 Å². The zero-order valence-electron chi connectivity index (χ0n) is 9.98. The number of hydrogen-bond donors (Lipinski definition) is 0. The Labute approximate surface area is 93.7 Å². The predicted octanol–water partition coefficient (Wildman–Crippen LogP) is 2.66. The second-order valence-corrected chi connectivity index (χ2v) is 9.15. The maximum atomic E-state index is 11.5. The highest BCUT2D eigenvalue weighted by Crippen LogP contribution is 2.01. The van der Waals surface area contributed by atoms with Gasteiger partial charge in [0.25, 0.3) is 0 Å². The van der Waals surface area contributed by atoms with E-state index in [1.54, 1.807) is 0 Å². The highest BCUT2D eigenvalue weighted by molar-refractivity contribution is 7.03. The molecular formula is C11H26OSi2. The SMILES string of the molecule is CCCCC[SiH2]C(=O)[SiH2]CCCCC. The summed E-state index contributed by atoms with van der Waals surface area (Å²) in [6.07, 6.45) is 7.87. The summed E-state index contributed by atoms with van der Waals surface area (Å²) < 4.78 is 0. The van der Waals surface area contributed by atoms with Crippen LogP contribution in [0, 0.1) is 0 Å². The first kappa shape index (κ1) is 14.1. The molecule has 0 N–H and O–H groups in total. The Morgan fingerprint density at radius 2 is 1.29 bits per heavy atom. The number of rotatable bonds is 10. The first-order valence-electron chi connectivity index (χ1n) is 6.33. The van der Waals surface area contributed by atoms with E-state index in [2.05, 4.69) is 13.8 Å². The molecule has 0 fully saturated rings. The Kier molecular flexibility index (Phi) is 11.3. The molecule has 0 rings (SSSR count). The number of unbranched alkanes of at least 4 members (excludes halogenated alkanes) is 4. The fourth-order valence-corrected chi connectivity index (χ4v) is 6.12. The normalized spacial score (nSPS) is 12.1. The first-order chi connectivity index (χ1) is 6.81. The monoisotopic (exact) mass is 230 g/mol. The van der Waals surface area contributed by atoms with E-state index in [4.69, 9.17) is 0 Å². The lowest BCUT2D eigenvalue weighted by atomic mass is 10.3. The van der Waals surface area contributed by atoms with Gasteiger partial charge in [0, 0.05) is 0 Å². The summed E-state index contributed by atoms with van der Waals surface area (Å²) in [5.41, 5.74) is 0. The Morgan fingerprint density at radius 1 is 0.857 bits per heavy atom. The summed E-state index contributed by atoms with van der Waals surface area (Å²) in [6, 6.07) is 2.57. The highest BCUT2D eigenvalue weighted by atomic mass is 28.3. The van der Waals surface area contributed by atoms with Gasteiger partial charge in [-0.25, -0.2) is 0 Å². The second kappa shape index (κ2) is 11.2. The summed E-state index contributed by atoms with van der Waals surface area (Å²) in [6.45, 7) is 4.45. The van der Waals surface area contributed by atoms with Crippen LogP contribution >= 0.6 is 0 Å². The van der Waals surface area contributed by atoms with Crippen molar-refractivity contribution in [1.29, 1.82) is 0 Å². The van der Waals surface area contributed by atoms with E-state index in [1.807, 2.05) is 0 Å². The van der Waals surface area contributed by atoms with E-state index in [0.717, 1.165) is 5.03 Å². The minimum Gasteiger partial charge on any atom is -0.312 e. The molecule has 0 aliphatic carbocycles. The van der Waals surface area contributed by atoms with Gasteiger partial charge < -0.3 is 4.79 Å². The van der Waals surface area contributed by atoms with Crippen molar-refractivity contribution in [3.05, 3.63) is 0 Å². The molecule has 0 aliphatic rings. The third-order valence-electron chi connectivity index (χ3n) is 2.62. The molecular weight excluding hydrogens is 204 g/mol. The van der Waals surface area contributed by atoms with Crippen molar-refractivity contribution in [2.24, 2.45) is 0 Å². The molecule has 0 heterocycles. The fraction of sp³-hybridized carbons (Fsp3) is 0.909. The third-order valence-corrected chi connectivity index (χ3v) is 7.56. The van der Waals surface area contributed by atoms with Gasteiger partial charge in [-0.05, 0) is 0 Å². The summed E-state index contributed by atoms with van der Waals surface area (Å²) in [5, 5.41) is 0.761. The van der Waals surface area contributed by atoms with Crippen LogP contribution in [0.15, 0.2) is 0 Å². The molecule has 0 spiro atoms. The van der Waals surface area contributed by atoms with Crippen LogP contribution in [0.3, 0.4) is 0 Å². The molecule has 0 aromatic rings. The van der Waals surface area contributed by atoms with Crippen molar-refractivity contribution in [1.82, 2.24) is 0 Å². The lowest BCUT2D eigenvalue weighted by Crippen LogP contribution is -2.14. The molecule has 1 nitrogen and oxygen atoms in total. The van der Waals surface area contributed by atoms with Gasteiger partial charge in [-0.1, -0.05) is 64.5 Å². The number of carbonyl (C=O) groups is 1. The van der Waals surface area contributed by atoms with Crippen molar-refractivity contribution in [2.75, 3.05) is 0 Å². The minimum atomic E-state index is -0.296. The van der Waals surface area contributed by atoms with E-state index in [1.165, 1.54) is 50.6 Å². The van der Waals surface area contributed by atoms with Gasteiger partial charge in [0.05, 0.1) is 24.1 Å². The Balaban J connectivity index is 3.11. The highest BCUT2D eigenvalue weighted by Gasteiger charge is 2.02. The summed E-state index contributed by atoms with van der Waals surface area (Å²) in [5.74, 6) is 0. The van der Waals surface area contributed by atoms with Gasteiger partial charge in [0.15, 0.2) is 0 Å². The maximum absolute atomic E-state index is 11.5. The molecule has 0 saturated heterocycles. The fourth-order valence-electron chi connectivity index (χ4n) is 1.62. The van der Waals surface area contributed by atoms with Crippen molar-refractivity contribution >= 4 is 24.1 Å². The number of carbonyl (C=O) groups excluding carboxylic acids is 1. The number of hydrogen-bond acceptors (Lipinski definition) is 1. The molecule has 14 heavy (non-hydrogen) atoms. The van der Waals surface area contributed by atoms with Crippen LogP contribution in [-0.2, 0) is 0 Å². The van der Waals surface area contributed by atoms with E-state index >= 15 is 0 Å². The van der Waals surface area contributed by atoms with Gasteiger partial charge in [-0.15, -0.1) is 0 Å². The Morgan fingerprint density at radius 3 is 1.64 bits per heavy atom. The van der Waals surface area contributed by atoms with Crippen molar-refractivity contribution < 1.29 is 4.79 Å². The average molecular weight is 230 g/mol. The van der Waals surface area contributed by atoms with Gasteiger partial charge in [0.2, 0.25) is 0 Å². The van der Waals surface area contributed by atoms with E-state index in [9.17, 15) is 4.79 Å². The van der Waals surface area contributed by atoms with E-state index in [0.29, 0.717) is 0 Å². The third kappa shape index (κ3) is 10.2. The molecule has 0 unspecified atom stereocenters. The zero-order chi connectivity index (χ0) is 10.6. The zero-order valence-corrected chi connectivity index (χ0v) is 12.8. The van der Waals surface area contributed by atoms with Crippen LogP contribution in [0.4, 0.5) is 4.79 Å². The van der Waals surface area contributed by atoms with Crippen LogP contribution in [0.1, 0.15) is 52.4 Å². The summed E-state index contributed by atoms with van der Waals surface area (Å²) in [7, 11) is -0.592.